The highest BCUT2D eigenvalue weighted by atomic mass is 16.2. The van der Waals surface area contributed by atoms with Crippen LogP contribution in [0.25, 0.3) is 0 Å². The predicted molar refractivity (Wildman–Crippen MR) is 75.7 cm³/mol. The van der Waals surface area contributed by atoms with Crippen LogP contribution < -0.4 is 10.2 Å². The zero-order chi connectivity index (χ0) is 13.8. The van der Waals surface area contributed by atoms with Crippen LogP contribution in [-0.4, -0.2) is 31.8 Å². The van der Waals surface area contributed by atoms with Crippen LogP contribution in [0.4, 0.5) is 5.69 Å². The summed E-state index contributed by atoms with van der Waals surface area (Å²) < 4.78 is 0. The van der Waals surface area contributed by atoms with Gasteiger partial charge < -0.3 is 10.2 Å². The first-order valence-electron chi connectivity index (χ1n) is 6.72. The van der Waals surface area contributed by atoms with Gasteiger partial charge in [-0.25, -0.2) is 0 Å². The van der Waals surface area contributed by atoms with Gasteiger partial charge in [-0.2, -0.15) is 0 Å². The molecule has 102 valence electrons. The summed E-state index contributed by atoms with van der Waals surface area (Å²) in [6, 6.07) is 5.68. The quantitative estimate of drug-likeness (QED) is 0.839. The molecule has 0 aromatic heterocycles. The first kappa shape index (κ1) is 13.7. The Morgan fingerprint density at radius 2 is 2.16 bits per heavy atom. The van der Waals surface area contributed by atoms with Crippen molar-refractivity contribution in [3.05, 3.63) is 29.3 Å². The Labute approximate surface area is 113 Å². The van der Waals surface area contributed by atoms with E-state index in [1.165, 1.54) is 0 Å². The van der Waals surface area contributed by atoms with Crippen LogP contribution in [0.1, 0.15) is 35.7 Å². The second-order valence-corrected chi connectivity index (χ2v) is 4.89. The number of benzene rings is 1. The maximum atomic E-state index is 12.0. The average molecular weight is 260 g/mol. The summed E-state index contributed by atoms with van der Waals surface area (Å²) in [6.07, 6.45) is 2.40. The Bertz CT molecular complexity index is 497. The lowest BCUT2D eigenvalue weighted by atomic mass is 9.97. The van der Waals surface area contributed by atoms with E-state index in [1.807, 2.05) is 25.2 Å². The highest BCUT2D eigenvalue weighted by molar-refractivity contribution is 5.98. The average Bonchev–Trinajstić information content (AvgIpc) is 2.43. The minimum atomic E-state index is 0.0650. The Morgan fingerprint density at radius 3 is 2.84 bits per heavy atom. The van der Waals surface area contributed by atoms with Crippen LogP contribution in [0.2, 0.25) is 0 Å². The van der Waals surface area contributed by atoms with E-state index >= 15 is 0 Å². The van der Waals surface area contributed by atoms with Crippen molar-refractivity contribution in [1.29, 1.82) is 0 Å². The third kappa shape index (κ3) is 3.01. The fourth-order valence-corrected chi connectivity index (χ4v) is 2.48. The smallest absolute Gasteiger partial charge is 0.223 e. The molecule has 0 atom stereocenters. The topological polar surface area (TPSA) is 49.4 Å². The lowest BCUT2D eigenvalue weighted by molar-refractivity contribution is -0.116. The normalized spacial score (nSPS) is 14.1. The van der Waals surface area contributed by atoms with E-state index in [2.05, 4.69) is 5.32 Å². The number of amides is 1. The van der Waals surface area contributed by atoms with E-state index in [0.717, 1.165) is 36.2 Å². The van der Waals surface area contributed by atoms with Gasteiger partial charge in [-0.3, -0.25) is 9.59 Å². The van der Waals surface area contributed by atoms with Gasteiger partial charge in [0.1, 0.15) is 0 Å². The third-order valence-corrected chi connectivity index (χ3v) is 3.50. The summed E-state index contributed by atoms with van der Waals surface area (Å²) in [5.41, 5.74) is 2.82. The summed E-state index contributed by atoms with van der Waals surface area (Å²) in [5.74, 6) is 0.215. The van der Waals surface area contributed by atoms with Gasteiger partial charge in [-0.05, 0) is 43.7 Å². The zero-order valence-electron chi connectivity index (χ0n) is 11.5. The largest absolute Gasteiger partial charge is 0.319 e. The van der Waals surface area contributed by atoms with Crippen molar-refractivity contribution in [2.24, 2.45) is 0 Å². The molecule has 0 fully saturated rings. The molecule has 0 spiro atoms. The molecule has 1 aromatic rings. The molecule has 0 aliphatic carbocycles. The van der Waals surface area contributed by atoms with Crippen LogP contribution in [0.15, 0.2) is 18.2 Å². The molecule has 4 heteroatoms. The molecule has 2 rings (SSSR count). The van der Waals surface area contributed by atoms with E-state index in [9.17, 15) is 9.59 Å². The SMILES string of the molecule is CNCCC(=O)c1ccc2c(c1)CCCN2C(C)=O. The maximum absolute atomic E-state index is 12.0. The fraction of sp³-hybridized carbons (Fsp3) is 0.467. The standard InChI is InChI=1S/C15H20N2O2/c1-11(18)17-9-3-4-12-10-13(5-6-14(12)17)15(19)7-8-16-2/h5-6,10,16H,3-4,7-9H2,1-2H3. The number of nitrogens with one attached hydrogen (secondary N) is 1. The van der Waals surface area contributed by atoms with Crippen LogP contribution in [0, 0.1) is 0 Å². The first-order valence-corrected chi connectivity index (χ1v) is 6.72. The summed E-state index contributed by atoms with van der Waals surface area (Å²) in [4.78, 5) is 25.3. The van der Waals surface area contributed by atoms with Crippen LogP contribution in [-0.2, 0) is 11.2 Å². The number of rotatable bonds is 4. The number of hydrogen-bond acceptors (Lipinski definition) is 3. The Kier molecular flexibility index (Phi) is 4.32. The number of Topliss-reactive ketones (excluding diaryl/α,β-unsaturated/α-hetero) is 1. The molecule has 19 heavy (non-hydrogen) atoms. The van der Waals surface area contributed by atoms with Gasteiger partial charge in [0.2, 0.25) is 5.91 Å². The first-order chi connectivity index (χ1) is 9.13. The second kappa shape index (κ2) is 5.97. The molecule has 1 aliphatic heterocycles. The predicted octanol–water partition coefficient (Wildman–Crippen LogP) is 1.78. The Hall–Kier alpha value is -1.68. The molecule has 1 amide bonds. The Balaban J connectivity index is 2.24. The fourth-order valence-electron chi connectivity index (χ4n) is 2.48. The van der Waals surface area contributed by atoms with E-state index < -0.39 is 0 Å². The highest BCUT2D eigenvalue weighted by Crippen LogP contribution is 2.28. The minimum Gasteiger partial charge on any atom is -0.319 e. The van der Waals surface area contributed by atoms with Gasteiger partial charge in [0.25, 0.3) is 0 Å². The number of fused-ring (bicyclic) bond motifs is 1. The zero-order valence-corrected chi connectivity index (χ0v) is 11.5. The number of ketones is 1. The molecular weight excluding hydrogens is 240 g/mol. The number of aryl methyl sites for hydroxylation is 1. The molecular formula is C15H20N2O2. The third-order valence-electron chi connectivity index (χ3n) is 3.50. The Morgan fingerprint density at radius 1 is 1.37 bits per heavy atom. The summed E-state index contributed by atoms with van der Waals surface area (Å²) >= 11 is 0. The second-order valence-electron chi connectivity index (χ2n) is 4.89. The lowest BCUT2D eigenvalue weighted by Gasteiger charge is -2.28. The number of anilines is 1. The molecule has 4 nitrogen and oxygen atoms in total. The van der Waals surface area contributed by atoms with Gasteiger partial charge in [0, 0.05) is 37.7 Å². The van der Waals surface area contributed by atoms with Crippen molar-refractivity contribution in [3.63, 3.8) is 0 Å². The van der Waals surface area contributed by atoms with Crippen molar-refractivity contribution in [1.82, 2.24) is 5.32 Å². The summed E-state index contributed by atoms with van der Waals surface area (Å²) in [5, 5.41) is 2.98. The number of hydrogen-bond donors (Lipinski definition) is 1. The monoisotopic (exact) mass is 260 g/mol. The van der Waals surface area contributed by atoms with Gasteiger partial charge in [-0.15, -0.1) is 0 Å². The van der Waals surface area contributed by atoms with E-state index in [1.54, 1.807) is 11.8 Å². The molecule has 1 aliphatic rings. The van der Waals surface area contributed by atoms with Gasteiger partial charge in [0.05, 0.1) is 0 Å². The van der Waals surface area contributed by atoms with Gasteiger partial charge in [0.15, 0.2) is 5.78 Å². The van der Waals surface area contributed by atoms with Crippen molar-refractivity contribution in [3.8, 4) is 0 Å². The molecule has 0 saturated carbocycles. The molecule has 1 N–H and O–H groups in total. The van der Waals surface area contributed by atoms with E-state index in [4.69, 9.17) is 0 Å². The maximum Gasteiger partial charge on any atom is 0.223 e. The number of carbonyl (C=O) groups is 2. The molecule has 0 radical (unpaired) electrons. The van der Waals surface area contributed by atoms with Crippen molar-refractivity contribution >= 4 is 17.4 Å². The van der Waals surface area contributed by atoms with E-state index in [0.29, 0.717) is 13.0 Å². The minimum absolute atomic E-state index is 0.0650. The molecule has 1 heterocycles. The number of carbonyl (C=O) groups excluding carboxylic acids is 2. The van der Waals surface area contributed by atoms with Gasteiger partial charge in [-0.1, -0.05) is 0 Å². The highest BCUT2D eigenvalue weighted by Gasteiger charge is 2.20. The van der Waals surface area contributed by atoms with Crippen LogP contribution in [0.3, 0.4) is 0 Å². The molecule has 0 saturated heterocycles. The van der Waals surface area contributed by atoms with Crippen molar-refractivity contribution in [2.75, 3.05) is 25.0 Å². The van der Waals surface area contributed by atoms with Gasteiger partial charge >= 0.3 is 0 Å². The summed E-state index contributed by atoms with van der Waals surface area (Å²) in [6.45, 7) is 3.05. The van der Waals surface area contributed by atoms with Crippen LogP contribution in [0.5, 0.6) is 0 Å². The van der Waals surface area contributed by atoms with Crippen LogP contribution >= 0.6 is 0 Å². The molecule has 0 bridgehead atoms. The van der Waals surface area contributed by atoms with Crippen molar-refractivity contribution < 1.29 is 9.59 Å². The summed E-state index contributed by atoms with van der Waals surface area (Å²) in [7, 11) is 1.84. The van der Waals surface area contributed by atoms with E-state index in [-0.39, 0.29) is 11.7 Å². The van der Waals surface area contributed by atoms with Crippen molar-refractivity contribution in [2.45, 2.75) is 26.2 Å². The molecule has 1 aromatic carbocycles. The molecule has 0 unspecified atom stereocenters. The number of nitrogens with zero attached hydrogens (tertiary/aromatic N) is 1. The lowest BCUT2D eigenvalue weighted by Crippen LogP contribution is -2.33.